The van der Waals surface area contributed by atoms with E-state index in [4.69, 9.17) is 71.1 Å². The molecule has 16 saturated heterocycles. The van der Waals surface area contributed by atoms with Gasteiger partial charge in [0, 0.05) is 57.3 Å². The normalized spacial score (nSPS) is 60.0. The van der Waals surface area contributed by atoms with Gasteiger partial charge in [0.2, 0.25) is 5.79 Å². The Hall–Kier alpha value is -1.73. The summed E-state index contributed by atoms with van der Waals surface area (Å²) >= 11 is 0. The molecule has 1 unspecified atom stereocenters. The summed E-state index contributed by atoms with van der Waals surface area (Å²) < 4.78 is 103. The van der Waals surface area contributed by atoms with Crippen molar-refractivity contribution >= 4 is 5.97 Å². The smallest absolute Gasteiger partial charge is 0.308 e. The Balaban J connectivity index is 0.677. The predicted molar refractivity (Wildman–Crippen MR) is 269 cm³/mol. The lowest BCUT2D eigenvalue weighted by molar-refractivity contribution is -0.427. The van der Waals surface area contributed by atoms with Gasteiger partial charge >= 0.3 is 5.97 Å². The van der Waals surface area contributed by atoms with Crippen molar-refractivity contribution in [2.24, 2.45) is 23.7 Å². The van der Waals surface area contributed by atoms with Crippen molar-refractivity contribution in [2.45, 2.75) is 307 Å². The molecular weight excluding hydrogens is 1010 g/mol. The molecule has 16 rings (SSSR count). The third kappa shape index (κ3) is 8.52. The van der Waals surface area contributed by atoms with E-state index >= 15 is 0 Å². The number of ether oxygens (including phenoxy) is 15. The summed E-state index contributed by atoms with van der Waals surface area (Å²) in [7, 11) is 0. The van der Waals surface area contributed by atoms with Crippen molar-refractivity contribution in [1.82, 2.24) is 0 Å². The summed E-state index contributed by atoms with van der Waals surface area (Å²) in [5, 5.41) is 33.2. The second-order valence-corrected chi connectivity index (χ2v) is 27.5. The molecule has 0 aromatic rings. The maximum absolute atomic E-state index is 14.6. The molecule has 12 bridgehead atoms. The topological polar surface area (TPSA) is 216 Å². The Morgan fingerprint density at radius 1 is 0.577 bits per heavy atom. The molecule has 19 nitrogen and oxygen atoms in total. The molecular formula is C59H84O19. The molecule has 31 atom stereocenters. The third-order valence-corrected chi connectivity index (χ3v) is 21.9. The summed E-state index contributed by atoms with van der Waals surface area (Å²) in [6.45, 7) is 19.4. The minimum atomic E-state index is -1.73. The Morgan fingerprint density at radius 3 is 2.21 bits per heavy atom. The zero-order chi connectivity index (χ0) is 53.6. The Labute approximate surface area is 457 Å². The molecule has 0 aliphatic carbocycles. The average Bonchev–Trinajstić information content (AvgIpc) is 4.32. The van der Waals surface area contributed by atoms with Crippen LogP contribution in [-0.2, 0) is 75.8 Å². The highest BCUT2D eigenvalue weighted by Crippen LogP contribution is 2.61. The lowest BCUT2D eigenvalue weighted by Gasteiger charge is -2.56. The van der Waals surface area contributed by atoms with Crippen LogP contribution >= 0.6 is 0 Å². The number of esters is 1. The van der Waals surface area contributed by atoms with Gasteiger partial charge in [0.05, 0.1) is 111 Å². The monoisotopic (exact) mass is 1100 g/mol. The van der Waals surface area contributed by atoms with E-state index in [1.54, 1.807) is 0 Å². The van der Waals surface area contributed by atoms with Crippen LogP contribution in [0.5, 0.6) is 0 Å². The van der Waals surface area contributed by atoms with Crippen LogP contribution in [0.15, 0.2) is 24.3 Å². The SMILES string of the molecule is C=C1C[C@@H]2CC[C@@]34CC5O[C@H]6[C@@H](O3)[C@H]3O[C@H](CC[C@@H]3O[C@H]6[C@]5(C)O4)CC(=O)O[C@@H]3[C@@H](C)[C@@H]4O[C@@H]5C[C@]6(C[C@]7(O)O[C@]8(C[C@H](C)[C@@H]9O[C@H](CO)[C@H](O)C[C@@H]9O8)C[C@H](C)[C@@H]7O6)O[C@@H]5C[C@@H]4O[C@H]3C[C@H]3O[C@@H](CC[C@@H]1O2)C[C@@H](C)C3=C. The van der Waals surface area contributed by atoms with Gasteiger partial charge in [0.15, 0.2) is 17.4 Å². The number of carbonyl (C=O) groups excluding carboxylic acids is 1. The second-order valence-electron chi connectivity index (χ2n) is 27.5. The van der Waals surface area contributed by atoms with Crippen molar-refractivity contribution in [3.63, 3.8) is 0 Å². The van der Waals surface area contributed by atoms with Gasteiger partial charge in [0.1, 0.15) is 48.3 Å². The van der Waals surface area contributed by atoms with Gasteiger partial charge in [-0.2, -0.15) is 0 Å². The molecule has 0 radical (unpaired) electrons. The zero-order valence-electron chi connectivity index (χ0n) is 46.0. The maximum atomic E-state index is 14.6. The number of rotatable bonds is 1. The number of aliphatic hydroxyl groups is 3. The van der Waals surface area contributed by atoms with Crippen LogP contribution in [0.25, 0.3) is 0 Å². The summed E-state index contributed by atoms with van der Waals surface area (Å²) in [6.07, 6.45) is 0.421. The summed E-state index contributed by atoms with van der Waals surface area (Å²) in [5.41, 5.74) is 1.47. The first-order valence-electron chi connectivity index (χ1n) is 30.2. The Bertz CT molecular complexity index is 2380. The molecule has 16 aliphatic rings. The van der Waals surface area contributed by atoms with E-state index in [1.807, 2.05) is 6.92 Å². The fraction of sp³-hybridized carbons (Fsp3) is 0.915. The minimum Gasteiger partial charge on any atom is -0.459 e. The molecule has 3 N–H and O–H groups in total. The van der Waals surface area contributed by atoms with E-state index in [1.165, 1.54) is 0 Å². The molecule has 0 saturated carbocycles. The fourth-order valence-electron chi connectivity index (χ4n) is 18.3. The van der Waals surface area contributed by atoms with Crippen LogP contribution < -0.4 is 0 Å². The van der Waals surface area contributed by atoms with Gasteiger partial charge in [-0.05, 0) is 80.8 Å². The van der Waals surface area contributed by atoms with Crippen molar-refractivity contribution in [3.8, 4) is 0 Å². The van der Waals surface area contributed by atoms with Crippen LogP contribution in [0.2, 0.25) is 0 Å². The molecule has 434 valence electrons. The van der Waals surface area contributed by atoms with E-state index < -0.39 is 108 Å². The highest BCUT2D eigenvalue weighted by molar-refractivity contribution is 5.70. The molecule has 0 amide bonds. The molecule has 0 aromatic heterocycles. The van der Waals surface area contributed by atoms with E-state index in [-0.39, 0.29) is 104 Å². The molecule has 16 aliphatic heterocycles. The molecule has 16 fully saturated rings. The largest absolute Gasteiger partial charge is 0.459 e. The predicted octanol–water partition coefficient (Wildman–Crippen LogP) is 4.88. The van der Waals surface area contributed by atoms with E-state index in [2.05, 4.69) is 40.9 Å². The standard InChI is InChI=1S/C59H84O19/c1-26-14-32-8-10-36-27(2)15-34(64-36)12-13-56-23-45-55(7,77-56)54-52(71-45)51(75-56)50-37(70-54)11-9-33(66-50)16-46(62)72-49-31(6)48-41(67-40(49)18-38(65-32)30(26)5)19-39-43(68-48)22-58(73-39)25-59(63)53(76-58)29(4)21-57(78-59)20-28(3)47-42(74-57)17-35(61)44(24-60)69-47/h26,28-29,31-45,47-54,60-61,63H,2,5,8-25H2,1,3-4,6-7H3/t26-,28+,29+,31+,32+,33-,34+,35-,36+,37+,38-,39-,40+,41+,42+,43-,44-,45?,47+,48+,49-,50+,51+,52+,53+,54-,55-,56-,57-,58+,59+/m1/s1. The first kappa shape index (κ1) is 53.0. The molecule has 16 heterocycles. The van der Waals surface area contributed by atoms with Crippen molar-refractivity contribution in [3.05, 3.63) is 24.3 Å². The Kier molecular flexibility index (Phi) is 12.8. The minimum absolute atomic E-state index is 0.00492. The van der Waals surface area contributed by atoms with E-state index in [9.17, 15) is 20.1 Å². The number of hydrogen-bond donors (Lipinski definition) is 3. The van der Waals surface area contributed by atoms with Crippen LogP contribution in [0.4, 0.5) is 0 Å². The van der Waals surface area contributed by atoms with Crippen molar-refractivity contribution in [2.75, 3.05) is 6.61 Å². The average molecular weight is 1100 g/mol. The van der Waals surface area contributed by atoms with Crippen LogP contribution in [-0.4, -0.2) is 191 Å². The van der Waals surface area contributed by atoms with Gasteiger partial charge in [-0.15, -0.1) is 0 Å². The maximum Gasteiger partial charge on any atom is 0.308 e. The van der Waals surface area contributed by atoms with E-state index in [0.29, 0.717) is 64.2 Å². The highest BCUT2D eigenvalue weighted by Gasteiger charge is 2.75. The zero-order valence-corrected chi connectivity index (χ0v) is 46.0. The first-order chi connectivity index (χ1) is 37.3. The first-order valence-corrected chi connectivity index (χ1v) is 30.2. The summed E-state index contributed by atoms with van der Waals surface area (Å²) in [4.78, 5) is 14.6. The van der Waals surface area contributed by atoms with Crippen LogP contribution in [0.3, 0.4) is 0 Å². The van der Waals surface area contributed by atoms with Gasteiger partial charge in [-0.25, -0.2) is 0 Å². The van der Waals surface area contributed by atoms with Crippen LogP contribution in [0, 0.1) is 23.7 Å². The number of aliphatic hydroxyl groups excluding tert-OH is 2. The van der Waals surface area contributed by atoms with Gasteiger partial charge in [-0.3, -0.25) is 4.79 Å². The molecule has 3 spiro atoms. The third-order valence-electron chi connectivity index (χ3n) is 21.9. The summed E-state index contributed by atoms with van der Waals surface area (Å²) in [6, 6.07) is 0. The number of hydrogen-bond acceptors (Lipinski definition) is 19. The molecule has 78 heavy (non-hydrogen) atoms. The lowest BCUT2D eigenvalue weighted by Crippen LogP contribution is -2.65. The van der Waals surface area contributed by atoms with Gasteiger partial charge < -0.3 is 86.4 Å². The van der Waals surface area contributed by atoms with Gasteiger partial charge in [0.25, 0.3) is 0 Å². The lowest BCUT2D eigenvalue weighted by atomic mass is 9.77. The van der Waals surface area contributed by atoms with Crippen LogP contribution in [0.1, 0.15) is 144 Å². The molecule has 19 heteroatoms. The number of carbonyl (C=O) groups is 1. The fourth-order valence-corrected chi connectivity index (χ4v) is 18.3. The van der Waals surface area contributed by atoms with Gasteiger partial charge in [-0.1, -0.05) is 40.9 Å². The summed E-state index contributed by atoms with van der Waals surface area (Å²) in [5.74, 6) is -5.60. The van der Waals surface area contributed by atoms with Crippen molar-refractivity contribution in [1.29, 1.82) is 0 Å². The quantitative estimate of drug-likeness (QED) is 0.236. The Morgan fingerprint density at radius 2 is 1.36 bits per heavy atom. The van der Waals surface area contributed by atoms with E-state index in [0.717, 1.165) is 43.3 Å². The highest BCUT2D eigenvalue weighted by atomic mass is 16.8. The van der Waals surface area contributed by atoms with Crippen molar-refractivity contribution < 1.29 is 91.2 Å². The molecule has 0 aromatic carbocycles. The number of fused-ring (bicyclic) bond motifs is 10. The second kappa shape index (κ2) is 18.9.